The molecular weight excluding hydrogens is 408 g/mol. The molecule has 32 heavy (non-hydrogen) atoms. The predicted molar refractivity (Wildman–Crippen MR) is 124 cm³/mol. The van der Waals surface area contributed by atoms with E-state index in [1.54, 1.807) is 48.5 Å². The number of amides is 2. The number of benzene rings is 3. The van der Waals surface area contributed by atoms with Crippen molar-refractivity contribution in [2.75, 3.05) is 24.9 Å². The van der Waals surface area contributed by atoms with Crippen LogP contribution in [0.1, 0.15) is 23.7 Å². The molecule has 3 aromatic carbocycles. The van der Waals surface area contributed by atoms with Gasteiger partial charge in [0.25, 0.3) is 11.8 Å². The van der Waals surface area contributed by atoms with E-state index in [2.05, 4.69) is 10.6 Å². The summed E-state index contributed by atoms with van der Waals surface area (Å²) in [6.07, 6.45) is -0.212. The summed E-state index contributed by atoms with van der Waals surface area (Å²) < 4.78 is 16.7. The van der Waals surface area contributed by atoms with Gasteiger partial charge in [0.2, 0.25) is 0 Å². The zero-order valence-corrected chi connectivity index (χ0v) is 18.3. The molecule has 0 saturated carbocycles. The highest BCUT2D eigenvalue weighted by Gasteiger charge is 2.22. The minimum absolute atomic E-state index is 0.287. The second-order valence-corrected chi connectivity index (χ2v) is 6.89. The third-order valence-electron chi connectivity index (χ3n) is 4.75. The maximum atomic E-state index is 12.9. The summed E-state index contributed by atoms with van der Waals surface area (Å²) in [7, 11) is 2.97. The molecule has 0 aliphatic carbocycles. The summed E-state index contributed by atoms with van der Waals surface area (Å²) in [6.45, 7) is 1.87. The fourth-order valence-electron chi connectivity index (χ4n) is 3.08. The topological polar surface area (TPSA) is 85.9 Å². The van der Waals surface area contributed by atoms with Crippen molar-refractivity contribution >= 4 is 23.2 Å². The van der Waals surface area contributed by atoms with Crippen LogP contribution < -0.4 is 24.8 Å². The smallest absolute Gasteiger partial charge is 0.265 e. The lowest BCUT2D eigenvalue weighted by molar-refractivity contribution is -0.122. The molecule has 7 nitrogen and oxygen atoms in total. The highest BCUT2D eigenvalue weighted by molar-refractivity contribution is 6.05. The fraction of sp³-hybridized carbons (Fsp3) is 0.200. The monoisotopic (exact) mass is 434 g/mol. The molecule has 0 spiro atoms. The average Bonchev–Trinajstić information content (AvgIpc) is 2.84. The minimum Gasteiger partial charge on any atom is -0.494 e. The maximum absolute atomic E-state index is 12.9. The zero-order chi connectivity index (χ0) is 22.9. The SMILES string of the molecule is CCC(Oc1ccccc1)C(=O)Nc1cc(OC)c(NC(=O)c2ccccc2)cc1OC. The first kappa shape index (κ1) is 22.7. The largest absolute Gasteiger partial charge is 0.494 e. The molecule has 2 N–H and O–H groups in total. The highest BCUT2D eigenvalue weighted by atomic mass is 16.5. The summed E-state index contributed by atoms with van der Waals surface area (Å²) in [5, 5.41) is 5.66. The predicted octanol–water partition coefficient (Wildman–Crippen LogP) is 4.75. The van der Waals surface area contributed by atoms with Crippen LogP contribution in [0.2, 0.25) is 0 Å². The van der Waals surface area contributed by atoms with E-state index in [1.807, 2.05) is 31.2 Å². The van der Waals surface area contributed by atoms with Crippen molar-refractivity contribution in [3.8, 4) is 17.2 Å². The number of ether oxygens (including phenoxy) is 3. The van der Waals surface area contributed by atoms with E-state index in [0.29, 0.717) is 40.6 Å². The van der Waals surface area contributed by atoms with Crippen LogP contribution in [0, 0.1) is 0 Å². The van der Waals surface area contributed by atoms with Crippen molar-refractivity contribution in [3.05, 3.63) is 78.4 Å². The molecule has 0 aromatic heterocycles. The van der Waals surface area contributed by atoms with E-state index in [1.165, 1.54) is 14.2 Å². The molecule has 0 radical (unpaired) electrons. The second kappa shape index (κ2) is 10.9. The first-order valence-corrected chi connectivity index (χ1v) is 10.2. The lowest BCUT2D eigenvalue weighted by Crippen LogP contribution is -2.32. The minimum atomic E-state index is -0.689. The zero-order valence-electron chi connectivity index (χ0n) is 18.3. The molecule has 3 aromatic rings. The first-order valence-electron chi connectivity index (χ1n) is 10.2. The van der Waals surface area contributed by atoms with Crippen LogP contribution in [-0.4, -0.2) is 32.1 Å². The Kier molecular flexibility index (Phi) is 7.70. The molecule has 0 aliphatic heterocycles. The molecule has 0 fully saturated rings. The van der Waals surface area contributed by atoms with Crippen LogP contribution >= 0.6 is 0 Å². The van der Waals surface area contributed by atoms with Crippen molar-refractivity contribution in [3.63, 3.8) is 0 Å². The van der Waals surface area contributed by atoms with Gasteiger partial charge in [0, 0.05) is 17.7 Å². The lowest BCUT2D eigenvalue weighted by Gasteiger charge is -2.20. The Labute approximate surface area is 187 Å². The van der Waals surface area contributed by atoms with E-state index in [4.69, 9.17) is 14.2 Å². The number of para-hydroxylation sites is 1. The molecule has 3 rings (SSSR count). The third-order valence-corrected chi connectivity index (χ3v) is 4.75. The molecule has 2 amide bonds. The van der Waals surface area contributed by atoms with Crippen LogP contribution in [0.4, 0.5) is 11.4 Å². The van der Waals surface area contributed by atoms with Gasteiger partial charge < -0.3 is 24.8 Å². The Balaban J connectivity index is 1.80. The second-order valence-electron chi connectivity index (χ2n) is 6.89. The number of anilines is 2. The van der Waals surface area contributed by atoms with Crippen LogP contribution in [0.5, 0.6) is 17.2 Å². The van der Waals surface area contributed by atoms with Crippen molar-refractivity contribution < 1.29 is 23.8 Å². The average molecular weight is 434 g/mol. The Hall–Kier alpha value is -4.00. The van der Waals surface area contributed by atoms with E-state index < -0.39 is 6.10 Å². The van der Waals surface area contributed by atoms with Crippen LogP contribution in [0.3, 0.4) is 0 Å². The molecule has 1 atom stereocenters. The summed E-state index contributed by atoms with van der Waals surface area (Å²) in [6, 6.07) is 21.2. The molecule has 1 unspecified atom stereocenters. The van der Waals surface area contributed by atoms with Gasteiger partial charge in [-0.15, -0.1) is 0 Å². The summed E-state index contributed by atoms with van der Waals surface area (Å²) >= 11 is 0. The van der Waals surface area contributed by atoms with Gasteiger partial charge in [-0.05, 0) is 30.7 Å². The van der Waals surface area contributed by atoms with Crippen LogP contribution in [0.15, 0.2) is 72.8 Å². The van der Waals surface area contributed by atoms with Gasteiger partial charge in [0.15, 0.2) is 6.10 Å². The van der Waals surface area contributed by atoms with Crippen molar-refractivity contribution in [2.45, 2.75) is 19.4 Å². The van der Waals surface area contributed by atoms with E-state index >= 15 is 0 Å². The molecule has 166 valence electrons. The van der Waals surface area contributed by atoms with Gasteiger partial charge in [0.1, 0.15) is 17.2 Å². The number of carbonyl (C=O) groups excluding carboxylic acids is 2. The number of rotatable bonds is 9. The highest BCUT2D eigenvalue weighted by Crippen LogP contribution is 2.37. The molecule has 7 heteroatoms. The number of methoxy groups -OCH3 is 2. The Morgan fingerprint density at radius 2 is 1.34 bits per heavy atom. The van der Waals surface area contributed by atoms with E-state index in [-0.39, 0.29) is 11.8 Å². The van der Waals surface area contributed by atoms with Crippen LogP contribution in [-0.2, 0) is 4.79 Å². The van der Waals surface area contributed by atoms with Crippen molar-refractivity contribution in [2.24, 2.45) is 0 Å². The molecule has 0 bridgehead atoms. The third kappa shape index (κ3) is 5.57. The first-order chi connectivity index (χ1) is 15.5. The lowest BCUT2D eigenvalue weighted by atomic mass is 10.1. The Morgan fingerprint density at radius 1 is 0.812 bits per heavy atom. The quantitative estimate of drug-likeness (QED) is 0.508. The van der Waals surface area contributed by atoms with E-state index in [0.717, 1.165) is 0 Å². The van der Waals surface area contributed by atoms with E-state index in [9.17, 15) is 9.59 Å². The molecular formula is C25H26N2O5. The standard InChI is InChI=1S/C25H26N2O5/c1-4-21(32-18-13-9-6-10-14-18)25(29)27-20-16-22(30-2)19(15-23(20)31-3)26-24(28)17-11-7-5-8-12-17/h5-16,21H,4H2,1-3H3,(H,26,28)(H,27,29). The fourth-order valence-corrected chi connectivity index (χ4v) is 3.08. The van der Waals surface area contributed by atoms with Gasteiger partial charge in [0.05, 0.1) is 25.6 Å². The number of hydrogen-bond acceptors (Lipinski definition) is 5. The summed E-state index contributed by atoms with van der Waals surface area (Å²) in [4.78, 5) is 25.4. The summed E-state index contributed by atoms with van der Waals surface area (Å²) in [5.74, 6) is 0.750. The van der Waals surface area contributed by atoms with Crippen LogP contribution in [0.25, 0.3) is 0 Å². The molecule has 0 saturated heterocycles. The molecule has 0 heterocycles. The van der Waals surface area contributed by atoms with Gasteiger partial charge >= 0.3 is 0 Å². The maximum Gasteiger partial charge on any atom is 0.265 e. The van der Waals surface area contributed by atoms with Crippen molar-refractivity contribution in [1.29, 1.82) is 0 Å². The van der Waals surface area contributed by atoms with Gasteiger partial charge in [-0.3, -0.25) is 9.59 Å². The molecule has 0 aliphatic rings. The van der Waals surface area contributed by atoms with Gasteiger partial charge in [-0.2, -0.15) is 0 Å². The number of carbonyl (C=O) groups is 2. The number of hydrogen-bond donors (Lipinski definition) is 2. The summed E-state index contributed by atoms with van der Waals surface area (Å²) in [5.41, 5.74) is 1.33. The van der Waals surface area contributed by atoms with Gasteiger partial charge in [-0.25, -0.2) is 0 Å². The Bertz CT molecular complexity index is 1050. The van der Waals surface area contributed by atoms with Crippen molar-refractivity contribution in [1.82, 2.24) is 0 Å². The number of nitrogens with one attached hydrogen (secondary N) is 2. The van der Waals surface area contributed by atoms with Gasteiger partial charge in [-0.1, -0.05) is 43.3 Å². The Morgan fingerprint density at radius 3 is 1.88 bits per heavy atom. The normalized spacial score (nSPS) is 11.2.